The minimum absolute atomic E-state index is 0.225. The zero-order chi connectivity index (χ0) is 23.1. The molecule has 0 spiro atoms. The molecule has 16 heteroatoms. The van der Waals surface area contributed by atoms with Crippen LogP contribution in [0, 0.1) is 0 Å². The van der Waals surface area contributed by atoms with Crippen molar-refractivity contribution in [2.75, 3.05) is 6.67 Å². The van der Waals surface area contributed by atoms with Crippen molar-refractivity contribution in [2.45, 2.75) is 69.4 Å². The minimum atomic E-state index is -7.01. The standard InChI is InChI=1S/C12H14F14N2/c1-4-6(2)27(11(23,24)9(18,19)8(16,17)5-13)28(7(3,14)15)12(25,26)10(20,21)22/h6H,4-5H2,1-3H3. The SMILES string of the molecule is CCC(C)N(N(C(C)(F)F)C(F)(F)C(F)(F)F)C(F)(F)C(F)(F)C(F)(F)CF. The topological polar surface area (TPSA) is 6.48 Å². The minimum Gasteiger partial charge on any atom is -0.244 e. The lowest BCUT2D eigenvalue weighted by atomic mass is 10.1. The van der Waals surface area contributed by atoms with Gasteiger partial charge in [-0.25, -0.2) is 4.39 Å². The fraction of sp³-hybridized carbons (Fsp3) is 1.00. The van der Waals surface area contributed by atoms with Crippen molar-refractivity contribution in [1.82, 2.24) is 10.0 Å². The highest BCUT2D eigenvalue weighted by Gasteiger charge is 2.79. The van der Waals surface area contributed by atoms with E-state index in [2.05, 4.69) is 0 Å². The second kappa shape index (κ2) is 7.65. The summed E-state index contributed by atoms with van der Waals surface area (Å²) in [6.07, 6.45) is -8.06. The van der Waals surface area contributed by atoms with Gasteiger partial charge < -0.3 is 0 Å². The van der Waals surface area contributed by atoms with Crippen LogP contribution in [0.15, 0.2) is 0 Å². The third-order valence-electron chi connectivity index (χ3n) is 3.50. The summed E-state index contributed by atoms with van der Waals surface area (Å²) in [4.78, 5) is 0. The molecule has 0 saturated heterocycles. The van der Waals surface area contributed by atoms with Crippen molar-refractivity contribution in [3.8, 4) is 0 Å². The highest BCUT2D eigenvalue weighted by molar-refractivity contribution is 4.98. The summed E-state index contributed by atoms with van der Waals surface area (Å²) < 4.78 is 185. The van der Waals surface area contributed by atoms with Gasteiger partial charge in [0, 0.05) is 13.0 Å². The molecule has 2 nitrogen and oxygen atoms in total. The Labute approximate surface area is 149 Å². The molecule has 0 heterocycles. The van der Waals surface area contributed by atoms with Crippen molar-refractivity contribution in [2.24, 2.45) is 0 Å². The van der Waals surface area contributed by atoms with Crippen LogP contribution in [0.4, 0.5) is 61.5 Å². The van der Waals surface area contributed by atoms with Gasteiger partial charge in [-0.1, -0.05) is 6.92 Å². The molecule has 0 radical (unpaired) electrons. The molecule has 0 rings (SSSR count). The maximum Gasteiger partial charge on any atom is 0.470 e. The van der Waals surface area contributed by atoms with Crippen molar-refractivity contribution in [3.05, 3.63) is 0 Å². The Morgan fingerprint density at radius 1 is 0.750 bits per heavy atom. The van der Waals surface area contributed by atoms with E-state index >= 15 is 0 Å². The van der Waals surface area contributed by atoms with E-state index in [1.807, 2.05) is 0 Å². The molecule has 0 aliphatic heterocycles. The second-order valence-electron chi connectivity index (χ2n) is 5.75. The highest BCUT2D eigenvalue weighted by atomic mass is 19.4. The maximum absolute atomic E-state index is 14.1. The van der Waals surface area contributed by atoms with E-state index in [4.69, 9.17) is 0 Å². The van der Waals surface area contributed by atoms with E-state index in [0.717, 1.165) is 6.92 Å². The van der Waals surface area contributed by atoms with Crippen molar-refractivity contribution in [3.63, 3.8) is 0 Å². The molecule has 1 atom stereocenters. The molecule has 0 aliphatic carbocycles. The number of hydrazine groups is 1. The van der Waals surface area contributed by atoms with Gasteiger partial charge in [-0.15, -0.1) is 5.01 Å². The summed E-state index contributed by atoms with van der Waals surface area (Å²) in [5.74, 6) is -13.2. The van der Waals surface area contributed by atoms with E-state index in [9.17, 15) is 61.5 Å². The van der Waals surface area contributed by atoms with Crippen LogP contribution in [0.5, 0.6) is 0 Å². The predicted molar refractivity (Wildman–Crippen MR) is 65.9 cm³/mol. The number of hydrogen-bond acceptors (Lipinski definition) is 2. The first-order chi connectivity index (χ1) is 12.0. The second-order valence-corrected chi connectivity index (χ2v) is 5.75. The van der Waals surface area contributed by atoms with E-state index < -0.39 is 72.2 Å². The Bertz CT molecular complexity index is 523. The Morgan fingerprint density at radius 2 is 1.14 bits per heavy atom. The molecule has 0 amide bonds. The van der Waals surface area contributed by atoms with E-state index in [1.54, 1.807) is 0 Å². The molecule has 0 aromatic rings. The third kappa shape index (κ3) is 4.41. The Morgan fingerprint density at radius 3 is 1.39 bits per heavy atom. The molecule has 0 bridgehead atoms. The largest absolute Gasteiger partial charge is 0.470 e. The van der Waals surface area contributed by atoms with E-state index in [1.165, 1.54) is 0 Å². The van der Waals surface area contributed by atoms with Gasteiger partial charge in [-0.2, -0.15) is 62.1 Å². The van der Waals surface area contributed by atoms with Gasteiger partial charge in [0.05, 0.1) is 0 Å². The van der Waals surface area contributed by atoms with Gasteiger partial charge in [0.2, 0.25) is 0 Å². The smallest absolute Gasteiger partial charge is 0.244 e. The monoisotopic (exact) mass is 452 g/mol. The predicted octanol–water partition coefficient (Wildman–Crippen LogP) is 5.90. The molecule has 0 aliphatic rings. The van der Waals surface area contributed by atoms with Crippen molar-refractivity contribution in [1.29, 1.82) is 0 Å². The lowest BCUT2D eigenvalue weighted by Crippen LogP contribution is -2.75. The van der Waals surface area contributed by atoms with Gasteiger partial charge in [0.1, 0.15) is 0 Å². The first kappa shape index (κ1) is 26.9. The molecule has 1 unspecified atom stereocenters. The number of hydrogen-bond donors (Lipinski definition) is 0. The number of rotatable bonds is 9. The van der Waals surface area contributed by atoms with Crippen molar-refractivity contribution < 1.29 is 61.5 Å². The fourth-order valence-corrected chi connectivity index (χ4v) is 1.91. The summed E-state index contributed by atoms with van der Waals surface area (Å²) in [7, 11) is 0. The van der Waals surface area contributed by atoms with Gasteiger partial charge >= 0.3 is 36.2 Å². The van der Waals surface area contributed by atoms with E-state index in [0.29, 0.717) is 0 Å². The van der Waals surface area contributed by atoms with Crippen LogP contribution >= 0.6 is 0 Å². The van der Waals surface area contributed by atoms with Gasteiger partial charge in [0.15, 0.2) is 6.67 Å². The Kier molecular flexibility index (Phi) is 7.36. The summed E-state index contributed by atoms with van der Waals surface area (Å²) in [6, 6.07) is -22.0. The fourth-order valence-electron chi connectivity index (χ4n) is 1.91. The quantitative estimate of drug-likeness (QED) is 0.244. The van der Waals surface area contributed by atoms with Crippen LogP contribution in [0.2, 0.25) is 0 Å². The number of halogens is 14. The van der Waals surface area contributed by atoms with Crippen LogP contribution in [-0.4, -0.2) is 58.9 Å². The van der Waals surface area contributed by atoms with Crippen LogP contribution < -0.4 is 0 Å². The summed E-state index contributed by atoms with van der Waals surface area (Å²) in [5.41, 5.74) is 0. The van der Waals surface area contributed by atoms with Gasteiger partial charge in [-0.05, 0) is 13.3 Å². The lowest BCUT2D eigenvalue weighted by molar-refractivity contribution is -0.488. The Balaban J connectivity index is 6.94. The summed E-state index contributed by atoms with van der Waals surface area (Å²) >= 11 is 0. The molecule has 170 valence electrons. The lowest BCUT2D eigenvalue weighted by Gasteiger charge is -2.49. The number of alkyl halides is 14. The molecular weight excluding hydrogens is 438 g/mol. The van der Waals surface area contributed by atoms with Crippen LogP contribution in [0.1, 0.15) is 27.2 Å². The first-order valence-electron chi connectivity index (χ1n) is 7.15. The van der Waals surface area contributed by atoms with Crippen LogP contribution in [0.3, 0.4) is 0 Å². The molecule has 0 aromatic heterocycles. The molecular formula is C12H14F14N2. The molecule has 28 heavy (non-hydrogen) atoms. The average Bonchev–Trinajstić information content (AvgIpc) is 2.48. The molecule has 0 saturated carbocycles. The van der Waals surface area contributed by atoms with Gasteiger partial charge in [-0.3, -0.25) is 0 Å². The Hall–Kier alpha value is -1.06. The average molecular weight is 452 g/mol. The highest BCUT2D eigenvalue weighted by Crippen LogP contribution is 2.53. The van der Waals surface area contributed by atoms with Crippen LogP contribution in [-0.2, 0) is 0 Å². The zero-order valence-electron chi connectivity index (χ0n) is 14.2. The summed E-state index contributed by atoms with van der Waals surface area (Å²) in [6.45, 7) is -3.31. The third-order valence-corrected chi connectivity index (χ3v) is 3.50. The first-order valence-corrected chi connectivity index (χ1v) is 7.15. The number of nitrogens with zero attached hydrogens (tertiary/aromatic N) is 2. The molecule has 0 fully saturated rings. The maximum atomic E-state index is 14.1. The summed E-state index contributed by atoms with van der Waals surface area (Å²) in [5, 5.41) is -4.92. The molecule has 0 N–H and O–H groups in total. The van der Waals surface area contributed by atoms with Crippen LogP contribution in [0.25, 0.3) is 0 Å². The van der Waals surface area contributed by atoms with Crippen molar-refractivity contribution >= 4 is 0 Å². The molecule has 0 aromatic carbocycles. The van der Waals surface area contributed by atoms with E-state index in [-0.39, 0.29) is 6.92 Å². The zero-order valence-corrected chi connectivity index (χ0v) is 14.2. The van der Waals surface area contributed by atoms with Gasteiger partial charge in [0.25, 0.3) is 0 Å². The normalized spacial score (nSPS) is 16.8.